The number of carbonyl (C=O) groups is 1. The number of imidazole rings is 1. The van der Waals surface area contributed by atoms with Gasteiger partial charge in [-0.25, -0.2) is 4.79 Å². The minimum absolute atomic E-state index is 0.177. The van der Waals surface area contributed by atoms with Crippen molar-refractivity contribution < 1.29 is 4.79 Å². The predicted octanol–water partition coefficient (Wildman–Crippen LogP) is -0.0966. The van der Waals surface area contributed by atoms with E-state index in [0.29, 0.717) is 60.5 Å². The van der Waals surface area contributed by atoms with Crippen LogP contribution in [0.25, 0.3) is 16.9 Å². The second-order valence-electron chi connectivity index (χ2n) is 8.66. The van der Waals surface area contributed by atoms with Gasteiger partial charge in [-0.2, -0.15) is 9.67 Å². The first-order chi connectivity index (χ1) is 17.4. The molecule has 4 aromatic rings. The maximum Gasteiger partial charge on any atom is 0.332 e. The summed E-state index contributed by atoms with van der Waals surface area (Å²) in [4.78, 5) is 44.1. The standard InChI is InChI=1S/C22H26N10O3S/c1-28-18-16(19(34)29(2)22(28)35)31(20(24-18)30-10-8-14(9-11-30)17(23)33)12-13-36-21-25-26-27-32(21)15-6-4-3-5-7-15/h3-7,14H,8-13H2,1-2H3,(H2,23,33). The van der Waals surface area contributed by atoms with Crippen LogP contribution in [0.2, 0.25) is 0 Å². The fourth-order valence-electron chi connectivity index (χ4n) is 4.48. The molecule has 36 heavy (non-hydrogen) atoms. The lowest BCUT2D eigenvalue weighted by atomic mass is 9.96. The molecule has 1 fully saturated rings. The molecule has 0 bridgehead atoms. The Morgan fingerprint density at radius 2 is 1.83 bits per heavy atom. The first-order valence-corrected chi connectivity index (χ1v) is 12.5. The molecule has 14 heteroatoms. The number of primary amides is 1. The highest BCUT2D eigenvalue weighted by atomic mass is 32.2. The van der Waals surface area contributed by atoms with Gasteiger partial charge in [-0.15, -0.1) is 5.10 Å². The van der Waals surface area contributed by atoms with E-state index in [9.17, 15) is 14.4 Å². The smallest absolute Gasteiger partial charge is 0.332 e. The zero-order chi connectivity index (χ0) is 25.4. The van der Waals surface area contributed by atoms with E-state index in [1.54, 1.807) is 11.7 Å². The molecule has 1 saturated heterocycles. The van der Waals surface area contributed by atoms with Crippen molar-refractivity contribution in [1.82, 2.24) is 38.9 Å². The number of benzene rings is 1. The van der Waals surface area contributed by atoms with Crippen LogP contribution in [-0.4, -0.2) is 63.6 Å². The van der Waals surface area contributed by atoms with E-state index >= 15 is 0 Å². The number of anilines is 1. The number of nitrogens with zero attached hydrogens (tertiary/aromatic N) is 9. The molecule has 1 aliphatic rings. The second kappa shape index (κ2) is 9.60. The lowest BCUT2D eigenvalue weighted by Gasteiger charge is -2.31. The lowest BCUT2D eigenvalue weighted by Crippen LogP contribution is -2.40. The van der Waals surface area contributed by atoms with Gasteiger partial charge in [0.2, 0.25) is 17.0 Å². The number of nitrogens with two attached hydrogens (primary N) is 1. The van der Waals surface area contributed by atoms with E-state index in [1.807, 2.05) is 39.8 Å². The molecule has 0 saturated carbocycles. The van der Waals surface area contributed by atoms with Crippen molar-refractivity contribution in [2.45, 2.75) is 24.5 Å². The molecule has 0 unspecified atom stereocenters. The molecule has 0 spiro atoms. The van der Waals surface area contributed by atoms with Gasteiger partial charge in [0, 0.05) is 45.4 Å². The molecule has 1 aliphatic heterocycles. The molecule has 3 aromatic heterocycles. The highest BCUT2D eigenvalue weighted by molar-refractivity contribution is 7.99. The van der Waals surface area contributed by atoms with Gasteiger partial charge >= 0.3 is 5.69 Å². The van der Waals surface area contributed by atoms with Crippen LogP contribution < -0.4 is 21.9 Å². The molecular formula is C22H26N10O3S. The van der Waals surface area contributed by atoms with Gasteiger partial charge in [-0.05, 0) is 35.4 Å². The number of para-hydroxylation sites is 1. The Hall–Kier alpha value is -3.94. The summed E-state index contributed by atoms with van der Waals surface area (Å²) in [7, 11) is 3.07. The van der Waals surface area contributed by atoms with Gasteiger partial charge in [0.15, 0.2) is 11.2 Å². The predicted molar refractivity (Wildman–Crippen MR) is 134 cm³/mol. The molecule has 1 aromatic carbocycles. The van der Waals surface area contributed by atoms with Crippen LogP contribution in [0, 0.1) is 5.92 Å². The molecule has 0 radical (unpaired) electrons. The van der Waals surface area contributed by atoms with Gasteiger partial charge in [-0.1, -0.05) is 30.0 Å². The van der Waals surface area contributed by atoms with Crippen molar-refractivity contribution in [3.05, 3.63) is 51.2 Å². The van der Waals surface area contributed by atoms with Gasteiger partial charge < -0.3 is 15.2 Å². The normalized spacial score (nSPS) is 14.6. The zero-order valence-corrected chi connectivity index (χ0v) is 20.8. The minimum atomic E-state index is -0.437. The number of hydrogen-bond donors (Lipinski definition) is 1. The highest BCUT2D eigenvalue weighted by Gasteiger charge is 2.28. The number of hydrogen-bond acceptors (Lipinski definition) is 9. The largest absolute Gasteiger partial charge is 0.369 e. The van der Waals surface area contributed by atoms with E-state index in [-0.39, 0.29) is 11.8 Å². The molecule has 1 amide bonds. The Morgan fingerprint density at radius 1 is 1.11 bits per heavy atom. The number of piperidine rings is 1. The van der Waals surface area contributed by atoms with Crippen LogP contribution in [0.3, 0.4) is 0 Å². The molecule has 13 nitrogen and oxygen atoms in total. The zero-order valence-electron chi connectivity index (χ0n) is 19.9. The van der Waals surface area contributed by atoms with Crippen molar-refractivity contribution in [3.8, 4) is 5.69 Å². The number of aromatic nitrogens is 8. The van der Waals surface area contributed by atoms with Crippen molar-refractivity contribution in [2.24, 2.45) is 25.7 Å². The van der Waals surface area contributed by atoms with E-state index in [0.717, 1.165) is 10.3 Å². The maximum atomic E-state index is 13.2. The third-order valence-electron chi connectivity index (χ3n) is 6.50. The van der Waals surface area contributed by atoms with Crippen LogP contribution >= 0.6 is 11.8 Å². The average Bonchev–Trinajstić information content (AvgIpc) is 3.52. The summed E-state index contributed by atoms with van der Waals surface area (Å²) in [5.74, 6) is 0.667. The topological polar surface area (TPSA) is 152 Å². The van der Waals surface area contributed by atoms with Crippen LogP contribution in [-0.2, 0) is 25.4 Å². The summed E-state index contributed by atoms with van der Waals surface area (Å²) in [6.45, 7) is 1.58. The maximum absolute atomic E-state index is 13.2. The van der Waals surface area contributed by atoms with Crippen LogP contribution in [0.1, 0.15) is 12.8 Å². The van der Waals surface area contributed by atoms with Crippen LogP contribution in [0.5, 0.6) is 0 Å². The lowest BCUT2D eigenvalue weighted by molar-refractivity contribution is -0.122. The fraction of sp³-hybridized carbons (Fsp3) is 0.409. The molecule has 2 N–H and O–H groups in total. The summed E-state index contributed by atoms with van der Waals surface area (Å²) in [6, 6.07) is 9.59. The third-order valence-corrected chi connectivity index (χ3v) is 7.40. The Labute approximate surface area is 209 Å². The van der Waals surface area contributed by atoms with Crippen molar-refractivity contribution in [2.75, 3.05) is 23.7 Å². The first-order valence-electron chi connectivity index (χ1n) is 11.5. The van der Waals surface area contributed by atoms with Gasteiger partial charge in [-0.3, -0.25) is 18.7 Å². The number of fused-ring (bicyclic) bond motifs is 1. The van der Waals surface area contributed by atoms with E-state index < -0.39 is 11.2 Å². The molecule has 188 valence electrons. The molecule has 5 rings (SSSR count). The number of thioether (sulfide) groups is 1. The van der Waals surface area contributed by atoms with Crippen LogP contribution in [0.4, 0.5) is 5.95 Å². The summed E-state index contributed by atoms with van der Waals surface area (Å²) in [5.41, 5.74) is 6.19. The summed E-state index contributed by atoms with van der Waals surface area (Å²) in [6.07, 6.45) is 1.21. The quantitative estimate of drug-likeness (QED) is 0.336. The monoisotopic (exact) mass is 510 g/mol. The number of amides is 1. The van der Waals surface area contributed by atoms with Gasteiger partial charge in [0.1, 0.15) is 0 Å². The molecule has 0 aliphatic carbocycles. The molecule has 4 heterocycles. The number of tetrazole rings is 1. The van der Waals surface area contributed by atoms with Crippen molar-refractivity contribution in [1.29, 1.82) is 0 Å². The summed E-state index contributed by atoms with van der Waals surface area (Å²) >= 11 is 1.45. The van der Waals surface area contributed by atoms with Gasteiger partial charge in [0.05, 0.1) is 5.69 Å². The number of aryl methyl sites for hydroxylation is 2. The second-order valence-corrected chi connectivity index (χ2v) is 9.72. The molecular weight excluding hydrogens is 484 g/mol. The fourth-order valence-corrected chi connectivity index (χ4v) is 5.30. The van der Waals surface area contributed by atoms with Crippen molar-refractivity contribution in [3.63, 3.8) is 0 Å². The number of carbonyl (C=O) groups excluding carboxylic acids is 1. The first kappa shape index (κ1) is 23.8. The van der Waals surface area contributed by atoms with Gasteiger partial charge in [0.25, 0.3) is 5.56 Å². The molecule has 0 atom stereocenters. The van der Waals surface area contributed by atoms with E-state index in [4.69, 9.17) is 10.7 Å². The summed E-state index contributed by atoms with van der Waals surface area (Å²) in [5, 5.41) is 12.7. The minimum Gasteiger partial charge on any atom is -0.369 e. The van der Waals surface area contributed by atoms with Crippen molar-refractivity contribution >= 4 is 34.8 Å². The number of rotatable bonds is 7. The van der Waals surface area contributed by atoms with Crippen LogP contribution in [0.15, 0.2) is 45.1 Å². The Balaban J connectivity index is 1.47. The Kier molecular flexibility index (Phi) is 6.35. The Morgan fingerprint density at radius 3 is 2.53 bits per heavy atom. The Bertz CT molecular complexity index is 1530. The average molecular weight is 511 g/mol. The van der Waals surface area contributed by atoms with E-state index in [1.165, 1.54) is 23.4 Å². The van der Waals surface area contributed by atoms with E-state index in [2.05, 4.69) is 15.5 Å². The summed E-state index contributed by atoms with van der Waals surface area (Å²) < 4.78 is 5.99. The highest BCUT2D eigenvalue weighted by Crippen LogP contribution is 2.26. The third kappa shape index (κ3) is 4.17. The SMILES string of the molecule is Cn1c(=O)c2c(nc(N3CCC(C(N)=O)CC3)n2CCSc2nnnn2-c2ccccc2)n(C)c1=O.